The first-order valence-corrected chi connectivity index (χ1v) is 5.73. The Hall–Kier alpha value is -1.61. The highest BCUT2D eigenvalue weighted by Gasteiger charge is 2.00. The van der Waals surface area contributed by atoms with Gasteiger partial charge in [0.05, 0.1) is 0 Å². The van der Waals surface area contributed by atoms with Crippen LogP contribution in [0.25, 0.3) is 0 Å². The van der Waals surface area contributed by atoms with Gasteiger partial charge < -0.3 is 5.32 Å². The number of hydrogen-bond acceptors (Lipinski definition) is 2. The summed E-state index contributed by atoms with van der Waals surface area (Å²) in [6.07, 6.45) is 0.612. The molecule has 17 heavy (non-hydrogen) atoms. The zero-order valence-corrected chi connectivity index (χ0v) is 9.91. The van der Waals surface area contributed by atoms with Gasteiger partial charge in [-0.15, -0.1) is 0 Å². The number of nitrogens with zero attached hydrogens (tertiary/aromatic N) is 1. The Morgan fingerprint density at radius 2 is 1.94 bits per heavy atom. The minimum atomic E-state index is -0.173. The van der Waals surface area contributed by atoms with Crippen molar-refractivity contribution in [3.05, 3.63) is 59.0 Å². The van der Waals surface area contributed by atoms with Crippen LogP contribution in [-0.4, -0.2) is 11.5 Å². The maximum Gasteiger partial charge on any atom is 0.131 e. The molecule has 0 saturated heterocycles. The van der Waals surface area contributed by atoms with Gasteiger partial charge in [-0.2, -0.15) is 0 Å². The van der Waals surface area contributed by atoms with E-state index in [0.717, 1.165) is 0 Å². The Morgan fingerprint density at radius 1 is 1.12 bits per heavy atom. The second kappa shape index (κ2) is 5.64. The van der Waals surface area contributed by atoms with Gasteiger partial charge >= 0.3 is 0 Å². The van der Waals surface area contributed by atoms with Crippen molar-refractivity contribution in [2.45, 2.75) is 6.42 Å². The normalized spacial score (nSPS) is 10.2. The molecular formula is C13H12ClFN2. The first-order chi connectivity index (χ1) is 8.25. The smallest absolute Gasteiger partial charge is 0.131 e. The summed E-state index contributed by atoms with van der Waals surface area (Å²) >= 11 is 5.75. The molecule has 1 aromatic carbocycles. The first kappa shape index (κ1) is 11.9. The van der Waals surface area contributed by atoms with Crippen LogP contribution >= 0.6 is 11.6 Å². The quantitative estimate of drug-likeness (QED) is 0.840. The van der Waals surface area contributed by atoms with Crippen LogP contribution in [0.2, 0.25) is 5.15 Å². The third kappa shape index (κ3) is 3.43. The molecule has 0 aliphatic heterocycles. The summed E-state index contributed by atoms with van der Waals surface area (Å²) in [5.41, 5.74) is 0.696. The van der Waals surface area contributed by atoms with Gasteiger partial charge in [-0.25, -0.2) is 9.37 Å². The molecule has 0 bridgehead atoms. The van der Waals surface area contributed by atoms with Crippen molar-refractivity contribution < 1.29 is 4.39 Å². The fraction of sp³-hybridized carbons (Fsp3) is 0.154. The van der Waals surface area contributed by atoms with Gasteiger partial charge in [0.1, 0.15) is 16.8 Å². The molecular weight excluding hydrogens is 239 g/mol. The standard InChI is InChI=1S/C13H12ClFN2/c14-12-6-3-7-13(17-12)16-9-8-10-4-1-2-5-11(10)15/h1-7H,8-9H2,(H,16,17). The van der Waals surface area contributed by atoms with Crippen LogP contribution in [-0.2, 0) is 6.42 Å². The van der Waals surface area contributed by atoms with E-state index in [9.17, 15) is 4.39 Å². The van der Waals surface area contributed by atoms with Gasteiger partial charge in [-0.05, 0) is 30.2 Å². The summed E-state index contributed by atoms with van der Waals surface area (Å²) in [6.45, 7) is 0.619. The predicted molar refractivity (Wildman–Crippen MR) is 67.8 cm³/mol. The number of halogens is 2. The molecule has 4 heteroatoms. The molecule has 0 amide bonds. The van der Waals surface area contributed by atoms with Crippen LogP contribution in [0, 0.1) is 5.82 Å². The molecule has 0 aliphatic carbocycles. The molecule has 2 rings (SSSR count). The third-order valence-corrected chi connectivity index (χ3v) is 2.58. The van der Waals surface area contributed by atoms with Crippen molar-refractivity contribution in [3.63, 3.8) is 0 Å². The van der Waals surface area contributed by atoms with Crippen LogP contribution in [0.15, 0.2) is 42.5 Å². The van der Waals surface area contributed by atoms with E-state index in [0.29, 0.717) is 29.5 Å². The minimum Gasteiger partial charge on any atom is -0.370 e. The van der Waals surface area contributed by atoms with Gasteiger partial charge in [-0.1, -0.05) is 35.9 Å². The van der Waals surface area contributed by atoms with E-state index in [-0.39, 0.29) is 5.82 Å². The molecule has 1 aromatic heterocycles. The Balaban J connectivity index is 1.90. The van der Waals surface area contributed by atoms with Crippen LogP contribution in [0.4, 0.5) is 10.2 Å². The monoisotopic (exact) mass is 250 g/mol. The maximum atomic E-state index is 13.3. The summed E-state index contributed by atoms with van der Waals surface area (Å²) in [7, 11) is 0. The molecule has 0 saturated carbocycles. The molecule has 0 radical (unpaired) electrons. The van der Waals surface area contributed by atoms with Gasteiger partial charge in [0, 0.05) is 6.54 Å². The number of anilines is 1. The van der Waals surface area contributed by atoms with Gasteiger partial charge in [0.25, 0.3) is 0 Å². The lowest BCUT2D eigenvalue weighted by Gasteiger charge is -2.06. The van der Waals surface area contributed by atoms with Crippen LogP contribution < -0.4 is 5.32 Å². The lowest BCUT2D eigenvalue weighted by Crippen LogP contribution is -2.07. The highest BCUT2D eigenvalue weighted by Crippen LogP contribution is 2.10. The van der Waals surface area contributed by atoms with E-state index < -0.39 is 0 Å². The number of aromatic nitrogens is 1. The number of pyridine rings is 1. The van der Waals surface area contributed by atoms with Gasteiger partial charge in [0.2, 0.25) is 0 Å². The van der Waals surface area contributed by atoms with Crippen molar-refractivity contribution >= 4 is 17.4 Å². The molecule has 0 aliphatic rings. The molecule has 0 fully saturated rings. The fourth-order valence-corrected chi connectivity index (χ4v) is 1.70. The predicted octanol–water partition coefficient (Wildman–Crippen LogP) is 3.53. The Labute approximate surface area is 104 Å². The lowest BCUT2D eigenvalue weighted by molar-refractivity contribution is 0.610. The van der Waals surface area contributed by atoms with E-state index in [1.165, 1.54) is 6.07 Å². The van der Waals surface area contributed by atoms with Crippen molar-refractivity contribution in [3.8, 4) is 0 Å². The topological polar surface area (TPSA) is 24.9 Å². The summed E-state index contributed by atoms with van der Waals surface area (Å²) in [4.78, 5) is 4.09. The number of nitrogens with one attached hydrogen (secondary N) is 1. The van der Waals surface area contributed by atoms with Crippen molar-refractivity contribution in [2.75, 3.05) is 11.9 Å². The minimum absolute atomic E-state index is 0.173. The second-order valence-corrected chi connectivity index (χ2v) is 4.00. The average molecular weight is 251 g/mol. The number of hydrogen-bond donors (Lipinski definition) is 1. The number of rotatable bonds is 4. The van der Waals surface area contributed by atoms with E-state index in [2.05, 4.69) is 10.3 Å². The van der Waals surface area contributed by atoms with Gasteiger partial charge in [-0.3, -0.25) is 0 Å². The molecule has 1 heterocycles. The van der Waals surface area contributed by atoms with Crippen molar-refractivity contribution in [1.82, 2.24) is 4.98 Å². The molecule has 0 atom stereocenters. The first-order valence-electron chi connectivity index (χ1n) is 5.35. The third-order valence-electron chi connectivity index (χ3n) is 2.37. The average Bonchev–Trinajstić information content (AvgIpc) is 2.32. The Bertz CT molecular complexity index is 502. The largest absolute Gasteiger partial charge is 0.370 e. The summed E-state index contributed by atoms with van der Waals surface area (Å²) in [5, 5.41) is 3.54. The van der Waals surface area contributed by atoms with E-state index in [1.54, 1.807) is 18.2 Å². The highest BCUT2D eigenvalue weighted by atomic mass is 35.5. The van der Waals surface area contributed by atoms with E-state index >= 15 is 0 Å². The van der Waals surface area contributed by atoms with Gasteiger partial charge in [0.15, 0.2) is 0 Å². The fourth-order valence-electron chi connectivity index (χ4n) is 1.53. The maximum absolute atomic E-state index is 13.3. The van der Waals surface area contributed by atoms with Crippen LogP contribution in [0.3, 0.4) is 0 Å². The second-order valence-electron chi connectivity index (χ2n) is 3.61. The summed E-state index contributed by atoms with van der Waals surface area (Å²) in [6, 6.07) is 12.1. The van der Waals surface area contributed by atoms with Crippen molar-refractivity contribution in [1.29, 1.82) is 0 Å². The molecule has 88 valence electrons. The lowest BCUT2D eigenvalue weighted by atomic mass is 10.1. The van der Waals surface area contributed by atoms with Crippen LogP contribution in [0.5, 0.6) is 0 Å². The van der Waals surface area contributed by atoms with Crippen LogP contribution in [0.1, 0.15) is 5.56 Å². The zero-order chi connectivity index (χ0) is 12.1. The Morgan fingerprint density at radius 3 is 2.71 bits per heavy atom. The molecule has 0 spiro atoms. The molecule has 1 N–H and O–H groups in total. The highest BCUT2D eigenvalue weighted by molar-refractivity contribution is 6.29. The summed E-state index contributed by atoms with van der Waals surface area (Å²) < 4.78 is 13.3. The Kier molecular flexibility index (Phi) is 3.94. The molecule has 2 aromatic rings. The van der Waals surface area contributed by atoms with E-state index in [4.69, 9.17) is 11.6 Å². The SMILES string of the molecule is Fc1ccccc1CCNc1cccc(Cl)n1. The number of benzene rings is 1. The molecule has 0 unspecified atom stereocenters. The van der Waals surface area contributed by atoms with E-state index in [1.807, 2.05) is 18.2 Å². The summed E-state index contributed by atoms with van der Waals surface area (Å²) in [5.74, 6) is 0.530. The zero-order valence-electron chi connectivity index (χ0n) is 9.16. The van der Waals surface area contributed by atoms with Crippen molar-refractivity contribution in [2.24, 2.45) is 0 Å². The molecule has 2 nitrogen and oxygen atoms in total.